The van der Waals surface area contributed by atoms with Crippen LogP contribution in [0.25, 0.3) is 4.96 Å². The Morgan fingerprint density at radius 3 is 3.00 bits per heavy atom. The lowest BCUT2D eigenvalue weighted by atomic mass is 10.1. The summed E-state index contributed by atoms with van der Waals surface area (Å²) in [5.74, 6) is 0.840. The van der Waals surface area contributed by atoms with Gasteiger partial charge in [0.1, 0.15) is 5.01 Å². The van der Waals surface area contributed by atoms with Crippen LogP contribution in [0.1, 0.15) is 23.7 Å². The Morgan fingerprint density at radius 2 is 2.22 bits per heavy atom. The number of hydrogen-bond acceptors (Lipinski definition) is 6. The van der Waals surface area contributed by atoms with E-state index in [1.807, 2.05) is 6.92 Å². The third-order valence-corrected chi connectivity index (χ3v) is 4.10. The van der Waals surface area contributed by atoms with Gasteiger partial charge < -0.3 is 10.1 Å². The summed E-state index contributed by atoms with van der Waals surface area (Å²) in [7, 11) is 0. The van der Waals surface area contributed by atoms with Gasteiger partial charge in [-0.1, -0.05) is 11.3 Å². The van der Waals surface area contributed by atoms with Crippen LogP contribution < -0.4 is 5.32 Å². The molecule has 1 N–H and O–H groups in total. The Balaban J connectivity index is 1.53. The highest BCUT2D eigenvalue weighted by Gasteiger charge is 2.14. The molecule has 0 spiro atoms. The van der Waals surface area contributed by atoms with Gasteiger partial charge in [0.2, 0.25) is 4.96 Å². The summed E-state index contributed by atoms with van der Waals surface area (Å²) in [4.78, 5) is 0.865. The smallest absolute Gasteiger partial charge is 0.234 e. The molecule has 3 rings (SSSR count). The lowest BCUT2D eigenvalue weighted by Gasteiger charge is -2.22. The zero-order valence-corrected chi connectivity index (χ0v) is 11.2. The van der Waals surface area contributed by atoms with Crippen molar-refractivity contribution in [3.05, 3.63) is 10.8 Å². The number of ether oxygens (including phenoxy) is 1. The molecule has 7 heteroatoms. The monoisotopic (exact) mass is 267 g/mol. The summed E-state index contributed by atoms with van der Waals surface area (Å²) < 4.78 is 7.67. The van der Waals surface area contributed by atoms with Gasteiger partial charge in [0.15, 0.2) is 5.82 Å². The van der Waals surface area contributed by atoms with Crippen LogP contribution in [0.4, 0.5) is 0 Å². The van der Waals surface area contributed by atoms with Crippen molar-refractivity contribution in [1.29, 1.82) is 0 Å². The summed E-state index contributed by atoms with van der Waals surface area (Å²) in [5.41, 5.74) is 0. The first kappa shape index (κ1) is 12.0. The molecule has 0 aromatic carbocycles. The minimum atomic E-state index is 0.415. The zero-order chi connectivity index (χ0) is 12.4. The molecule has 1 saturated heterocycles. The summed E-state index contributed by atoms with van der Waals surface area (Å²) in [6.07, 6.45) is 3.50. The molecular weight excluding hydrogens is 250 g/mol. The molecule has 3 heterocycles. The molecule has 1 aliphatic rings. The standard InChI is InChI=1S/C11H17N5OS/c1-8-13-14-11-16(8)15-10(18-11)4-7-17-9-2-5-12-6-3-9/h9,12H,2-7H2,1H3. The molecular formula is C11H17N5OS. The van der Waals surface area contributed by atoms with Gasteiger partial charge in [-0.15, -0.1) is 10.2 Å². The minimum absolute atomic E-state index is 0.415. The second-order valence-corrected chi connectivity index (χ2v) is 5.55. The van der Waals surface area contributed by atoms with Gasteiger partial charge in [0, 0.05) is 6.42 Å². The van der Waals surface area contributed by atoms with E-state index in [-0.39, 0.29) is 0 Å². The van der Waals surface area contributed by atoms with Gasteiger partial charge >= 0.3 is 0 Å². The number of piperidine rings is 1. The van der Waals surface area contributed by atoms with E-state index >= 15 is 0 Å². The van der Waals surface area contributed by atoms with Crippen molar-refractivity contribution in [2.45, 2.75) is 32.3 Å². The Hall–Kier alpha value is -1.05. The van der Waals surface area contributed by atoms with Crippen LogP contribution >= 0.6 is 11.3 Å². The second-order valence-electron chi connectivity index (χ2n) is 4.51. The summed E-state index contributed by atoms with van der Waals surface area (Å²) in [6, 6.07) is 0. The zero-order valence-electron chi connectivity index (χ0n) is 10.4. The van der Waals surface area contributed by atoms with Crippen molar-refractivity contribution in [2.75, 3.05) is 19.7 Å². The van der Waals surface area contributed by atoms with Crippen LogP contribution in [0.2, 0.25) is 0 Å². The number of aromatic nitrogens is 4. The van der Waals surface area contributed by atoms with Gasteiger partial charge in [-0.3, -0.25) is 0 Å². The van der Waals surface area contributed by atoms with Crippen LogP contribution in [0, 0.1) is 6.92 Å². The van der Waals surface area contributed by atoms with E-state index in [4.69, 9.17) is 4.74 Å². The van der Waals surface area contributed by atoms with E-state index in [0.29, 0.717) is 6.10 Å². The number of aryl methyl sites for hydroxylation is 1. The molecule has 0 aliphatic carbocycles. The Labute approximate surface area is 109 Å². The highest BCUT2D eigenvalue weighted by molar-refractivity contribution is 7.16. The molecule has 1 fully saturated rings. The first-order valence-electron chi connectivity index (χ1n) is 6.33. The van der Waals surface area contributed by atoms with Crippen LogP contribution in [0.5, 0.6) is 0 Å². The van der Waals surface area contributed by atoms with Gasteiger partial charge in [-0.25, -0.2) is 0 Å². The third-order valence-electron chi connectivity index (χ3n) is 3.14. The largest absolute Gasteiger partial charge is 0.378 e. The molecule has 0 unspecified atom stereocenters. The second kappa shape index (κ2) is 5.29. The quantitative estimate of drug-likeness (QED) is 0.888. The highest BCUT2D eigenvalue weighted by Crippen LogP contribution is 2.15. The van der Waals surface area contributed by atoms with Crippen molar-refractivity contribution < 1.29 is 4.74 Å². The van der Waals surface area contributed by atoms with Crippen LogP contribution in [0.15, 0.2) is 0 Å². The molecule has 98 valence electrons. The van der Waals surface area contributed by atoms with E-state index in [2.05, 4.69) is 20.6 Å². The molecule has 18 heavy (non-hydrogen) atoms. The van der Waals surface area contributed by atoms with E-state index in [1.54, 1.807) is 15.9 Å². The first-order chi connectivity index (χ1) is 8.83. The average molecular weight is 267 g/mol. The fraction of sp³-hybridized carbons (Fsp3) is 0.727. The van der Waals surface area contributed by atoms with Crippen molar-refractivity contribution in [3.8, 4) is 0 Å². The van der Waals surface area contributed by atoms with Crippen molar-refractivity contribution in [1.82, 2.24) is 25.1 Å². The van der Waals surface area contributed by atoms with Gasteiger partial charge in [0.25, 0.3) is 0 Å². The van der Waals surface area contributed by atoms with E-state index in [1.165, 1.54) is 0 Å². The molecule has 6 nitrogen and oxygen atoms in total. The fourth-order valence-corrected chi connectivity index (χ4v) is 2.99. The van der Waals surface area contributed by atoms with Crippen LogP contribution in [-0.2, 0) is 11.2 Å². The van der Waals surface area contributed by atoms with Crippen molar-refractivity contribution in [2.24, 2.45) is 0 Å². The lowest BCUT2D eigenvalue weighted by Crippen LogP contribution is -2.32. The topological polar surface area (TPSA) is 64.3 Å². The maximum Gasteiger partial charge on any atom is 0.234 e. The molecule has 0 atom stereocenters. The number of fused-ring (bicyclic) bond motifs is 1. The molecule has 0 bridgehead atoms. The van der Waals surface area contributed by atoms with Crippen molar-refractivity contribution in [3.63, 3.8) is 0 Å². The van der Waals surface area contributed by atoms with Crippen molar-refractivity contribution >= 4 is 16.3 Å². The SMILES string of the molecule is Cc1nnc2sc(CCOC3CCNCC3)nn12. The Kier molecular flexibility index (Phi) is 3.53. The number of hydrogen-bond donors (Lipinski definition) is 1. The molecule has 0 amide bonds. The number of rotatable bonds is 4. The van der Waals surface area contributed by atoms with Gasteiger partial charge in [0.05, 0.1) is 12.7 Å². The molecule has 1 aliphatic heterocycles. The predicted molar refractivity (Wildman–Crippen MR) is 68.9 cm³/mol. The summed E-state index contributed by atoms with van der Waals surface area (Å²) in [6.45, 7) is 4.80. The van der Waals surface area contributed by atoms with Gasteiger partial charge in [-0.05, 0) is 32.9 Å². The first-order valence-corrected chi connectivity index (χ1v) is 7.14. The number of nitrogens with one attached hydrogen (secondary N) is 1. The van der Waals surface area contributed by atoms with E-state index in [9.17, 15) is 0 Å². The Bertz CT molecular complexity index is 516. The third kappa shape index (κ3) is 2.52. The fourth-order valence-electron chi connectivity index (χ4n) is 2.13. The van der Waals surface area contributed by atoms with Crippen LogP contribution in [-0.4, -0.2) is 45.6 Å². The maximum absolute atomic E-state index is 5.87. The van der Waals surface area contributed by atoms with E-state index < -0.39 is 0 Å². The molecule has 2 aromatic rings. The minimum Gasteiger partial charge on any atom is -0.378 e. The average Bonchev–Trinajstić information content (AvgIpc) is 2.94. The summed E-state index contributed by atoms with van der Waals surface area (Å²) >= 11 is 1.59. The van der Waals surface area contributed by atoms with Crippen LogP contribution in [0.3, 0.4) is 0 Å². The summed E-state index contributed by atoms with van der Waals surface area (Å²) in [5, 5.41) is 16.9. The molecule has 0 radical (unpaired) electrons. The number of nitrogens with zero attached hydrogens (tertiary/aromatic N) is 4. The molecule has 2 aromatic heterocycles. The van der Waals surface area contributed by atoms with Gasteiger partial charge in [-0.2, -0.15) is 9.61 Å². The molecule has 0 saturated carbocycles. The predicted octanol–water partition coefficient (Wildman–Crippen LogP) is 0.805. The van der Waals surface area contributed by atoms with E-state index in [0.717, 1.165) is 54.8 Å². The normalized spacial score (nSPS) is 17.6. The maximum atomic E-state index is 5.87. The lowest BCUT2D eigenvalue weighted by molar-refractivity contribution is 0.0348. The Morgan fingerprint density at radius 1 is 1.39 bits per heavy atom. The highest BCUT2D eigenvalue weighted by atomic mass is 32.1.